The SMILES string of the molecule is CCCC1C=CC(OCC(O)c2cccc(OC)c2)=CC1C. The van der Waals surface area contributed by atoms with E-state index in [0.29, 0.717) is 11.8 Å². The lowest BCUT2D eigenvalue weighted by molar-refractivity contribution is 0.0739. The van der Waals surface area contributed by atoms with E-state index in [9.17, 15) is 5.11 Å². The summed E-state index contributed by atoms with van der Waals surface area (Å²) in [5, 5.41) is 10.2. The van der Waals surface area contributed by atoms with E-state index in [0.717, 1.165) is 17.1 Å². The molecule has 0 spiro atoms. The standard InChI is InChI=1S/C19H26O3/c1-4-6-15-9-10-18(11-14(15)2)22-13-19(20)16-7-5-8-17(12-16)21-3/h5,7-12,14-15,19-20H,4,6,13H2,1-3H3. The quantitative estimate of drug-likeness (QED) is 0.818. The summed E-state index contributed by atoms with van der Waals surface area (Å²) in [7, 11) is 1.62. The lowest BCUT2D eigenvalue weighted by Crippen LogP contribution is -2.13. The maximum Gasteiger partial charge on any atom is 0.119 e. The fourth-order valence-electron chi connectivity index (χ4n) is 2.74. The molecule has 0 bridgehead atoms. The molecular formula is C19H26O3. The van der Waals surface area contributed by atoms with E-state index in [1.807, 2.05) is 30.3 Å². The van der Waals surface area contributed by atoms with Gasteiger partial charge in [0.05, 0.1) is 7.11 Å². The van der Waals surface area contributed by atoms with Gasteiger partial charge in [0, 0.05) is 0 Å². The van der Waals surface area contributed by atoms with Gasteiger partial charge < -0.3 is 14.6 Å². The third-order valence-electron chi connectivity index (χ3n) is 4.12. The Labute approximate surface area is 133 Å². The van der Waals surface area contributed by atoms with Gasteiger partial charge in [0.15, 0.2) is 0 Å². The molecule has 2 rings (SSSR count). The van der Waals surface area contributed by atoms with Crippen molar-refractivity contribution >= 4 is 0 Å². The molecule has 3 unspecified atom stereocenters. The zero-order valence-electron chi connectivity index (χ0n) is 13.7. The molecule has 0 aliphatic heterocycles. The third kappa shape index (κ3) is 4.38. The average Bonchev–Trinajstić information content (AvgIpc) is 2.55. The Balaban J connectivity index is 1.90. The van der Waals surface area contributed by atoms with Crippen molar-refractivity contribution in [3.05, 3.63) is 53.8 Å². The number of hydrogen-bond donors (Lipinski definition) is 1. The summed E-state index contributed by atoms with van der Waals surface area (Å²) >= 11 is 0. The van der Waals surface area contributed by atoms with Gasteiger partial charge in [-0.3, -0.25) is 0 Å². The molecular weight excluding hydrogens is 276 g/mol. The van der Waals surface area contributed by atoms with Gasteiger partial charge in [-0.1, -0.05) is 38.5 Å². The highest BCUT2D eigenvalue weighted by Gasteiger charge is 2.17. The lowest BCUT2D eigenvalue weighted by atomic mass is 9.86. The largest absolute Gasteiger partial charge is 0.497 e. The number of methoxy groups -OCH3 is 1. The van der Waals surface area contributed by atoms with Crippen LogP contribution in [-0.4, -0.2) is 18.8 Å². The van der Waals surface area contributed by atoms with Crippen LogP contribution in [-0.2, 0) is 4.74 Å². The summed E-state index contributed by atoms with van der Waals surface area (Å²) < 4.78 is 10.9. The molecule has 1 aliphatic carbocycles. The number of aliphatic hydroxyl groups excluding tert-OH is 1. The monoisotopic (exact) mass is 302 g/mol. The van der Waals surface area contributed by atoms with Crippen molar-refractivity contribution in [3.8, 4) is 5.75 Å². The number of rotatable bonds is 7. The second-order valence-corrected chi connectivity index (χ2v) is 5.84. The predicted octanol–water partition coefficient (Wildman–Crippen LogP) is 4.25. The molecule has 1 aromatic carbocycles. The highest BCUT2D eigenvalue weighted by Crippen LogP contribution is 2.27. The maximum atomic E-state index is 10.2. The van der Waals surface area contributed by atoms with Crippen LogP contribution in [0.2, 0.25) is 0 Å². The number of hydrogen-bond acceptors (Lipinski definition) is 3. The van der Waals surface area contributed by atoms with Crippen LogP contribution in [0.3, 0.4) is 0 Å². The molecule has 0 fully saturated rings. The van der Waals surface area contributed by atoms with Gasteiger partial charge >= 0.3 is 0 Å². The number of benzene rings is 1. The molecule has 0 saturated carbocycles. The van der Waals surface area contributed by atoms with E-state index >= 15 is 0 Å². The Morgan fingerprint density at radius 2 is 2.14 bits per heavy atom. The Bertz CT molecular complexity index is 533. The van der Waals surface area contributed by atoms with Crippen molar-refractivity contribution in [1.29, 1.82) is 0 Å². The lowest BCUT2D eigenvalue weighted by Gasteiger charge is -2.23. The second-order valence-electron chi connectivity index (χ2n) is 5.84. The summed E-state index contributed by atoms with van der Waals surface area (Å²) in [5.74, 6) is 2.67. The first kappa shape index (κ1) is 16.6. The minimum absolute atomic E-state index is 0.245. The fraction of sp³-hybridized carbons (Fsp3) is 0.474. The first-order chi connectivity index (χ1) is 10.6. The van der Waals surface area contributed by atoms with Crippen LogP contribution in [0.4, 0.5) is 0 Å². The summed E-state index contributed by atoms with van der Waals surface area (Å²) in [5.41, 5.74) is 0.802. The predicted molar refractivity (Wildman–Crippen MR) is 88.7 cm³/mol. The van der Waals surface area contributed by atoms with Gasteiger partial charge in [0.1, 0.15) is 24.2 Å². The van der Waals surface area contributed by atoms with Crippen molar-refractivity contribution < 1.29 is 14.6 Å². The van der Waals surface area contributed by atoms with E-state index in [-0.39, 0.29) is 6.61 Å². The van der Waals surface area contributed by atoms with Crippen LogP contribution in [0.1, 0.15) is 38.4 Å². The van der Waals surface area contributed by atoms with E-state index in [1.165, 1.54) is 12.8 Å². The summed E-state index contributed by atoms with van der Waals surface area (Å²) in [4.78, 5) is 0. The van der Waals surface area contributed by atoms with Crippen molar-refractivity contribution in [2.75, 3.05) is 13.7 Å². The van der Waals surface area contributed by atoms with Crippen LogP contribution >= 0.6 is 0 Å². The van der Waals surface area contributed by atoms with Gasteiger partial charge in [-0.15, -0.1) is 0 Å². The Kier molecular flexibility index (Phi) is 6.08. The summed E-state index contributed by atoms with van der Waals surface area (Å²) in [6.45, 7) is 4.67. The summed E-state index contributed by atoms with van der Waals surface area (Å²) in [6, 6.07) is 7.44. The first-order valence-corrected chi connectivity index (χ1v) is 7.99. The van der Waals surface area contributed by atoms with Crippen LogP contribution in [0.25, 0.3) is 0 Å². The molecule has 3 heteroatoms. The number of allylic oxidation sites excluding steroid dienone is 3. The molecule has 1 N–H and O–H groups in total. The van der Waals surface area contributed by atoms with E-state index in [2.05, 4.69) is 26.0 Å². The molecule has 1 aliphatic rings. The van der Waals surface area contributed by atoms with Gasteiger partial charge in [-0.2, -0.15) is 0 Å². The van der Waals surface area contributed by atoms with Gasteiger partial charge in [-0.05, 0) is 48.1 Å². The van der Waals surface area contributed by atoms with Gasteiger partial charge in [0.2, 0.25) is 0 Å². The molecule has 0 aromatic heterocycles. The summed E-state index contributed by atoms with van der Waals surface area (Å²) in [6.07, 6.45) is 8.14. The van der Waals surface area contributed by atoms with E-state index in [1.54, 1.807) is 7.11 Å². The van der Waals surface area contributed by atoms with Crippen LogP contribution < -0.4 is 4.74 Å². The maximum absolute atomic E-state index is 10.2. The van der Waals surface area contributed by atoms with Crippen molar-refractivity contribution in [2.45, 2.75) is 32.8 Å². The average molecular weight is 302 g/mol. The van der Waals surface area contributed by atoms with Crippen molar-refractivity contribution in [2.24, 2.45) is 11.8 Å². The van der Waals surface area contributed by atoms with Gasteiger partial charge in [0.25, 0.3) is 0 Å². The molecule has 22 heavy (non-hydrogen) atoms. The highest BCUT2D eigenvalue weighted by molar-refractivity contribution is 5.30. The molecule has 0 radical (unpaired) electrons. The van der Waals surface area contributed by atoms with Crippen molar-refractivity contribution in [1.82, 2.24) is 0 Å². The normalized spacial score (nSPS) is 22.1. The molecule has 1 aromatic rings. The van der Waals surface area contributed by atoms with Crippen LogP contribution in [0, 0.1) is 11.8 Å². The number of ether oxygens (including phenoxy) is 2. The Morgan fingerprint density at radius 3 is 2.82 bits per heavy atom. The number of aliphatic hydroxyl groups is 1. The molecule has 3 atom stereocenters. The third-order valence-corrected chi connectivity index (χ3v) is 4.12. The topological polar surface area (TPSA) is 38.7 Å². The van der Waals surface area contributed by atoms with E-state index < -0.39 is 6.10 Å². The molecule has 0 heterocycles. The van der Waals surface area contributed by atoms with E-state index in [4.69, 9.17) is 9.47 Å². The minimum Gasteiger partial charge on any atom is -0.497 e. The smallest absolute Gasteiger partial charge is 0.119 e. The molecule has 3 nitrogen and oxygen atoms in total. The highest BCUT2D eigenvalue weighted by atomic mass is 16.5. The Morgan fingerprint density at radius 1 is 1.32 bits per heavy atom. The zero-order valence-corrected chi connectivity index (χ0v) is 13.7. The first-order valence-electron chi connectivity index (χ1n) is 7.99. The fourth-order valence-corrected chi connectivity index (χ4v) is 2.74. The van der Waals surface area contributed by atoms with Gasteiger partial charge in [-0.25, -0.2) is 0 Å². The second kappa shape index (κ2) is 8.04. The zero-order chi connectivity index (χ0) is 15.9. The molecule has 0 saturated heterocycles. The molecule has 0 amide bonds. The van der Waals surface area contributed by atoms with Crippen molar-refractivity contribution in [3.63, 3.8) is 0 Å². The minimum atomic E-state index is -0.659. The van der Waals surface area contributed by atoms with Crippen LogP contribution in [0.5, 0.6) is 5.75 Å². The Hall–Kier alpha value is -1.74. The van der Waals surface area contributed by atoms with Crippen LogP contribution in [0.15, 0.2) is 48.3 Å². The molecule has 120 valence electrons.